The molecule has 1 amide bonds. The van der Waals surface area contributed by atoms with Crippen LogP contribution in [0.1, 0.15) is 46.0 Å². The molecule has 0 unspecified atom stereocenters. The first-order chi connectivity index (χ1) is 12.1. The molecule has 0 spiro atoms. The van der Waals surface area contributed by atoms with Crippen molar-refractivity contribution in [1.29, 1.82) is 0 Å². The summed E-state index contributed by atoms with van der Waals surface area (Å²) >= 11 is 0. The molecule has 2 aromatic rings. The van der Waals surface area contributed by atoms with Crippen LogP contribution in [0.25, 0.3) is 0 Å². The second kappa shape index (κ2) is 7.47. The Balaban J connectivity index is 2.10. The van der Waals surface area contributed by atoms with Crippen LogP contribution in [0.5, 0.6) is 0 Å². The van der Waals surface area contributed by atoms with Crippen LogP contribution < -0.4 is 5.32 Å². The Bertz CT molecular complexity index is 890. The number of rotatable bonds is 5. The van der Waals surface area contributed by atoms with E-state index >= 15 is 0 Å². The van der Waals surface area contributed by atoms with E-state index < -0.39 is 29.6 Å². The van der Waals surface area contributed by atoms with Gasteiger partial charge in [0.2, 0.25) is 0 Å². The molecule has 2 N–H and O–H groups in total. The van der Waals surface area contributed by atoms with E-state index in [1.54, 1.807) is 13.8 Å². The topological polar surface area (TPSA) is 88.3 Å². The molecule has 0 fully saturated rings. The first-order valence-electron chi connectivity index (χ1n) is 7.78. The Morgan fingerprint density at radius 2 is 1.85 bits per heavy atom. The average Bonchev–Trinajstić information content (AvgIpc) is 2.84. The molecule has 138 valence electrons. The molecular formula is C18H18F2N2O4. The number of hydrogen-bond acceptors (Lipinski definition) is 4. The molecule has 2 rings (SSSR count). The van der Waals surface area contributed by atoms with Gasteiger partial charge in [0.05, 0.1) is 5.69 Å². The summed E-state index contributed by atoms with van der Waals surface area (Å²) in [5.41, 5.74) is 1.18. The number of amides is 1. The van der Waals surface area contributed by atoms with E-state index in [9.17, 15) is 23.2 Å². The van der Waals surface area contributed by atoms with E-state index in [2.05, 4.69) is 10.3 Å². The molecule has 1 aromatic carbocycles. The Kier molecular flexibility index (Phi) is 5.54. The summed E-state index contributed by atoms with van der Waals surface area (Å²) in [7, 11) is 0. The van der Waals surface area contributed by atoms with E-state index in [-0.39, 0.29) is 17.2 Å². The van der Waals surface area contributed by atoms with Crippen molar-refractivity contribution in [1.82, 2.24) is 4.98 Å². The number of carbonyl (C=O) groups excluding carboxylic acids is 3. The van der Waals surface area contributed by atoms with Crippen molar-refractivity contribution in [3.63, 3.8) is 0 Å². The van der Waals surface area contributed by atoms with E-state index in [0.29, 0.717) is 22.9 Å². The maximum absolute atomic E-state index is 13.6. The Morgan fingerprint density at radius 1 is 1.19 bits per heavy atom. The smallest absolute Gasteiger partial charge is 0.355 e. The fourth-order valence-electron chi connectivity index (χ4n) is 2.58. The first-order valence-corrected chi connectivity index (χ1v) is 7.78. The molecule has 1 heterocycles. The number of hydrogen-bond donors (Lipinski definition) is 2. The van der Waals surface area contributed by atoms with Crippen molar-refractivity contribution in [2.45, 2.75) is 33.8 Å². The second-order valence-corrected chi connectivity index (χ2v) is 5.84. The SMILES string of the molecule is CC(=O)c1c(C)[nH]c(C(=O)O[C@H](C)C(=O)Nc2ccc(F)cc2F)c1C. The summed E-state index contributed by atoms with van der Waals surface area (Å²) in [6.45, 7) is 5.93. The fourth-order valence-corrected chi connectivity index (χ4v) is 2.58. The van der Waals surface area contributed by atoms with Gasteiger partial charge >= 0.3 is 5.97 Å². The molecule has 6 nitrogen and oxygen atoms in total. The minimum atomic E-state index is -1.24. The van der Waals surface area contributed by atoms with Crippen molar-refractivity contribution in [3.05, 3.63) is 52.3 Å². The molecule has 0 bridgehead atoms. The van der Waals surface area contributed by atoms with E-state index in [0.717, 1.165) is 12.1 Å². The Labute approximate surface area is 148 Å². The lowest BCUT2D eigenvalue weighted by Crippen LogP contribution is -2.30. The lowest BCUT2D eigenvalue weighted by atomic mass is 10.1. The van der Waals surface area contributed by atoms with Crippen LogP contribution in [-0.4, -0.2) is 28.7 Å². The van der Waals surface area contributed by atoms with E-state index in [1.165, 1.54) is 13.8 Å². The zero-order valence-corrected chi connectivity index (χ0v) is 14.7. The third kappa shape index (κ3) is 3.96. The van der Waals surface area contributed by atoms with Crippen molar-refractivity contribution >= 4 is 23.3 Å². The predicted octanol–water partition coefficient (Wildman–Crippen LogP) is 3.30. The number of Topliss-reactive ketones (excluding diaryl/α,β-unsaturated/α-hetero) is 1. The lowest BCUT2D eigenvalue weighted by Gasteiger charge is -2.14. The van der Waals surface area contributed by atoms with Gasteiger partial charge in [-0.15, -0.1) is 0 Å². The summed E-state index contributed by atoms with van der Waals surface area (Å²) in [6, 6.07) is 2.68. The van der Waals surface area contributed by atoms with Gasteiger partial charge in [-0.05, 0) is 45.4 Å². The fraction of sp³-hybridized carbons (Fsp3) is 0.278. The summed E-state index contributed by atoms with van der Waals surface area (Å²) in [5, 5.41) is 2.22. The molecule has 0 saturated heterocycles. The van der Waals surface area contributed by atoms with Gasteiger partial charge in [0.15, 0.2) is 11.9 Å². The van der Waals surface area contributed by atoms with Crippen molar-refractivity contribution in [2.24, 2.45) is 0 Å². The largest absolute Gasteiger partial charge is 0.448 e. The molecule has 26 heavy (non-hydrogen) atoms. The maximum atomic E-state index is 13.6. The van der Waals surface area contributed by atoms with Gasteiger partial charge in [-0.2, -0.15) is 0 Å². The van der Waals surface area contributed by atoms with Crippen molar-refractivity contribution < 1.29 is 27.9 Å². The number of nitrogens with one attached hydrogen (secondary N) is 2. The molecule has 8 heteroatoms. The molecular weight excluding hydrogens is 346 g/mol. The lowest BCUT2D eigenvalue weighted by molar-refractivity contribution is -0.123. The number of ketones is 1. The minimum Gasteiger partial charge on any atom is -0.448 e. The normalized spacial score (nSPS) is 11.8. The summed E-state index contributed by atoms with van der Waals surface area (Å²) < 4.78 is 31.5. The van der Waals surface area contributed by atoms with Gasteiger partial charge in [-0.25, -0.2) is 13.6 Å². The van der Waals surface area contributed by atoms with Crippen LogP contribution in [0.4, 0.5) is 14.5 Å². The number of aromatic nitrogens is 1. The quantitative estimate of drug-likeness (QED) is 0.629. The van der Waals surface area contributed by atoms with Gasteiger partial charge < -0.3 is 15.0 Å². The number of halogens is 2. The number of aromatic amines is 1. The maximum Gasteiger partial charge on any atom is 0.355 e. The average molecular weight is 364 g/mol. The highest BCUT2D eigenvalue weighted by Gasteiger charge is 2.25. The Morgan fingerprint density at radius 3 is 2.38 bits per heavy atom. The molecule has 0 radical (unpaired) electrons. The van der Waals surface area contributed by atoms with Gasteiger partial charge in [0, 0.05) is 17.3 Å². The molecule has 1 atom stereocenters. The summed E-state index contributed by atoms with van der Waals surface area (Å²) in [6.07, 6.45) is -1.24. The molecule has 1 aromatic heterocycles. The third-order valence-electron chi connectivity index (χ3n) is 3.84. The summed E-state index contributed by atoms with van der Waals surface area (Å²) in [5.74, 6) is -3.53. The zero-order chi connectivity index (χ0) is 19.6. The highest BCUT2D eigenvalue weighted by molar-refractivity contribution is 6.02. The summed E-state index contributed by atoms with van der Waals surface area (Å²) in [4.78, 5) is 38.7. The number of esters is 1. The van der Waals surface area contributed by atoms with Crippen LogP contribution in [0, 0.1) is 25.5 Å². The van der Waals surface area contributed by atoms with Crippen molar-refractivity contribution in [2.75, 3.05) is 5.32 Å². The Hall–Kier alpha value is -3.03. The number of ether oxygens (including phenoxy) is 1. The highest BCUT2D eigenvalue weighted by atomic mass is 19.1. The zero-order valence-electron chi connectivity index (χ0n) is 14.7. The number of aryl methyl sites for hydroxylation is 1. The van der Waals surface area contributed by atoms with Gasteiger partial charge in [0.1, 0.15) is 17.3 Å². The number of H-pyrrole nitrogens is 1. The van der Waals surface area contributed by atoms with Crippen LogP contribution >= 0.6 is 0 Å². The standard InChI is InChI=1S/C18H18F2N2O4/c1-8-15(10(3)23)9(2)21-16(8)18(25)26-11(4)17(24)22-14-6-5-12(19)7-13(14)20/h5-7,11,21H,1-4H3,(H,22,24)/t11-/m1/s1. The minimum absolute atomic E-state index is 0.0697. The van der Waals surface area contributed by atoms with Crippen LogP contribution in [-0.2, 0) is 9.53 Å². The number of benzene rings is 1. The first kappa shape index (κ1) is 19.3. The number of anilines is 1. The molecule has 0 aliphatic heterocycles. The third-order valence-corrected chi connectivity index (χ3v) is 3.84. The molecule has 0 aliphatic carbocycles. The van der Waals surface area contributed by atoms with E-state index in [4.69, 9.17) is 4.74 Å². The van der Waals surface area contributed by atoms with Crippen molar-refractivity contribution in [3.8, 4) is 0 Å². The van der Waals surface area contributed by atoms with Crippen LogP contribution in [0.2, 0.25) is 0 Å². The molecule has 0 aliphatic rings. The predicted molar refractivity (Wildman–Crippen MR) is 90.1 cm³/mol. The monoisotopic (exact) mass is 364 g/mol. The van der Waals surface area contributed by atoms with Gasteiger partial charge in [-0.1, -0.05) is 0 Å². The van der Waals surface area contributed by atoms with Crippen LogP contribution in [0.15, 0.2) is 18.2 Å². The number of carbonyl (C=O) groups is 3. The second-order valence-electron chi connectivity index (χ2n) is 5.84. The van der Waals surface area contributed by atoms with Gasteiger partial charge in [-0.3, -0.25) is 9.59 Å². The van der Waals surface area contributed by atoms with E-state index in [1.807, 2.05) is 0 Å². The van der Waals surface area contributed by atoms with Crippen LogP contribution in [0.3, 0.4) is 0 Å². The molecule has 0 saturated carbocycles. The highest BCUT2D eigenvalue weighted by Crippen LogP contribution is 2.20. The van der Waals surface area contributed by atoms with Gasteiger partial charge in [0.25, 0.3) is 5.91 Å².